The van der Waals surface area contributed by atoms with Crippen molar-refractivity contribution in [2.24, 2.45) is 0 Å². The summed E-state index contributed by atoms with van der Waals surface area (Å²) in [4.78, 5) is 15.6. The van der Waals surface area contributed by atoms with Crippen LogP contribution in [0.4, 0.5) is 0 Å². The van der Waals surface area contributed by atoms with Crippen LogP contribution in [0.3, 0.4) is 0 Å². The summed E-state index contributed by atoms with van der Waals surface area (Å²) in [5.74, 6) is 0.203. The number of carbonyl (C=O) groups excluding carboxylic acids is 1. The molecule has 20 heavy (non-hydrogen) atoms. The van der Waals surface area contributed by atoms with Crippen molar-refractivity contribution in [1.29, 1.82) is 0 Å². The van der Waals surface area contributed by atoms with Gasteiger partial charge in [0.25, 0.3) is 0 Å². The molecule has 2 aliphatic heterocycles. The Morgan fingerprint density at radius 1 is 1.25 bits per heavy atom. The molecule has 0 aromatic rings. The molecular weight excluding hydrogens is 254 g/mol. The van der Waals surface area contributed by atoms with Crippen LogP contribution in [0.25, 0.3) is 0 Å². The molecule has 5 nitrogen and oxygen atoms in total. The minimum Gasteiger partial charge on any atom is -0.378 e. The van der Waals surface area contributed by atoms with E-state index in [4.69, 9.17) is 4.74 Å². The summed E-state index contributed by atoms with van der Waals surface area (Å²) in [6.45, 7) is 5.65. The maximum absolute atomic E-state index is 11.7. The summed E-state index contributed by atoms with van der Waals surface area (Å²) in [6, 6.07) is 1.22. The lowest BCUT2D eigenvalue weighted by Crippen LogP contribution is -2.50. The first kappa shape index (κ1) is 15.7. The quantitative estimate of drug-likeness (QED) is 0.825. The van der Waals surface area contributed by atoms with Crippen molar-refractivity contribution in [2.75, 3.05) is 40.3 Å². The predicted octanol–water partition coefficient (Wildman–Crippen LogP) is 0.696. The fourth-order valence-electron chi connectivity index (χ4n) is 3.07. The molecule has 2 unspecified atom stereocenters. The Labute approximate surface area is 122 Å². The van der Waals surface area contributed by atoms with E-state index in [0.717, 1.165) is 45.4 Å². The van der Waals surface area contributed by atoms with Gasteiger partial charge in [-0.1, -0.05) is 0 Å². The Hall–Kier alpha value is -0.650. The van der Waals surface area contributed by atoms with E-state index >= 15 is 0 Å². The molecule has 116 valence electrons. The fourth-order valence-corrected chi connectivity index (χ4v) is 3.07. The van der Waals surface area contributed by atoms with Crippen LogP contribution in [0.1, 0.15) is 32.6 Å². The minimum absolute atomic E-state index is 0.203. The van der Waals surface area contributed by atoms with E-state index in [1.165, 1.54) is 0 Å². The zero-order valence-corrected chi connectivity index (χ0v) is 13.1. The van der Waals surface area contributed by atoms with Crippen LogP contribution in [0.2, 0.25) is 0 Å². The first-order valence-electron chi connectivity index (χ1n) is 7.84. The second-order valence-electron chi connectivity index (χ2n) is 6.41. The lowest BCUT2D eigenvalue weighted by Gasteiger charge is -2.36. The maximum Gasteiger partial charge on any atom is 0.236 e. The largest absolute Gasteiger partial charge is 0.378 e. The lowest BCUT2D eigenvalue weighted by molar-refractivity contribution is -0.130. The van der Waals surface area contributed by atoms with Crippen molar-refractivity contribution >= 4 is 5.91 Å². The van der Waals surface area contributed by atoms with Gasteiger partial charge in [0.2, 0.25) is 5.91 Å². The average Bonchev–Trinajstić information content (AvgIpc) is 2.41. The Morgan fingerprint density at radius 2 is 1.95 bits per heavy atom. The summed E-state index contributed by atoms with van der Waals surface area (Å²) < 4.78 is 5.59. The number of hydrogen-bond donors (Lipinski definition) is 1. The fraction of sp³-hybridized carbons (Fsp3) is 0.933. The number of rotatable bonds is 4. The SMILES string of the molecule is CC1CC(NC2CCN(CC(=O)N(C)C)CC2)CCO1. The first-order chi connectivity index (χ1) is 9.54. The molecule has 1 N–H and O–H groups in total. The number of hydrogen-bond acceptors (Lipinski definition) is 4. The molecule has 0 saturated carbocycles. The molecule has 5 heteroatoms. The highest BCUT2D eigenvalue weighted by Crippen LogP contribution is 2.17. The minimum atomic E-state index is 0.203. The van der Waals surface area contributed by atoms with Gasteiger partial charge in [0.1, 0.15) is 0 Å². The summed E-state index contributed by atoms with van der Waals surface area (Å²) in [5, 5.41) is 3.78. The second kappa shape index (κ2) is 7.38. The number of ether oxygens (including phenoxy) is 1. The summed E-state index contributed by atoms with van der Waals surface area (Å²) in [5.41, 5.74) is 0. The number of nitrogens with zero attached hydrogens (tertiary/aromatic N) is 2. The molecule has 0 aromatic heterocycles. The molecule has 2 fully saturated rings. The molecule has 0 bridgehead atoms. The number of nitrogens with one attached hydrogen (secondary N) is 1. The van der Waals surface area contributed by atoms with Crippen LogP contribution in [0, 0.1) is 0 Å². The van der Waals surface area contributed by atoms with Crippen molar-refractivity contribution in [2.45, 2.75) is 50.8 Å². The predicted molar refractivity (Wildman–Crippen MR) is 79.7 cm³/mol. The zero-order valence-electron chi connectivity index (χ0n) is 13.1. The van der Waals surface area contributed by atoms with Crippen LogP contribution in [-0.2, 0) is 9.53 Å². The molecule has 0 radical (unpaired) electrons. The first-order valence-corrected chi connectivity index (χ1v) is 7.84. The van der Waals surface area contributed by atoms with Crippen LogP contribution in [0.15, 0.2) is 0 Å². The monoisotopic (exact) mass is 283 g/mol. The average molecular weight is 283 g/mol. The number of piperidine rings is 1. The van der Waals surface area contributed by atoms with Gasteiger partial charge in [-0.3, -0.25) is 9.69 Å². The van der Waals surface area contributed by atoms with E-state index in [-0.39, 0.29) is 5.91 Å². The van der Waals surface area contributed by atoms with Gasteiger partial charge >= 0.3 is 0 Å². The molecule has 0 aromatic carbocycles. The third-order valence-corrected chi connectivity index (χ3v) is 4.40. The van der Waals surface area contributed by atoms with Gasteiger partial charge in [0.05, 0.1) is 12.6 Å². The van der Waals surface area contributed by atoms with Crippen LogP contribution in [-0.4, -0.2) is 74.2 Å². The van der Waals surface area contributed by atoms with Crippen molar-refractivity contribution in [3.63, 3.8) is 0 Å². The standard InChI is InChI=1S/C15H29N3O2/c1-12-10-14(6-9-20-12)16-13-4-7-18(8-5-13)11-15(19)17(2)3/h12-14,16H,4-11H2,1-3H3. The van der Waals surface area contributed by atoms with Crippen molar-refractivity contribution in [3.05, 3.63) is 0 Å². The van der Waals surface area contributed by atoms with Gasteiger partial charge in [0.15, 0.2) is 0 Å². The van der Waals surface area contributed by atoms with Crippen LogP contribution >= 0.6 is 0 Å². The number of likely N-dealkylation sites (tertiary alicyclic amines) is 1. The maximum atomic E-state index is 11.7. The number of likely N-dealkylation sites (N-methyl/N-ethyl adjacent to an activating group) is 1. The highest BCUT2D eigenvalue weighted by molar-refractivity contribution is 5.77. The molecule has 2 rings (SSSR count). The molecular formula is C15H29N3O2. The molecule has 0 spiro atoms. The van der Waals surface area contributed by atoms with E-state index in [0.29, 0.717) is 24.7 Å². The zero-order chi connectivity index (χ0) is 14.5. The lowest BCUT2D eigenvalue weighted by atomic mass is 9.99. The highest BCUT2D eigenvalue weighted by atomic mass is 16.5. The molecule has 0 aliphatic carbocycles. The van der Waals surface area contributed by atoms with E-state index < -0.39 is 0 Å². The molecule has 2 aliphatic rings. The van der Waals surface area contributed by atoms with Gasteiger partial charge in [-0.05, 0) is 32.6 Å². The van der Waals surface area contributed by atoms with E-state index in [1.807, 2.05) is 14.1 Å². The van der Waals surface area contributed by atoms with Crippen LogP contribution in [0.5, 0.6) is 0 Å². The summed E-state index contributed by atoms with van der Waals surface area (Å²) in [7, 11) is 3.64. The molecule has 2 heterocycles. The van der Waals surface area contributed by atoms with Gasteiger partial charge in [0, 0.05) is 45.9 Å². The molecule has 2 atom stereocenters. The second-order valence-corrected chi connectivity index (χ2v) is 6.41. The van der Waals surface area contributed by atoms with E-state index in [2.05, 4.69) is 17.1 Å². The third-order valence-electron chi connectivity index (χ3n) is 4.40. The normalized spacial score (nSPS) is 29.4. The summed E-state index contributed by atoms with van der Waals surface area (Å²) in [6.07, 6.45) is 4.93. The van der Waals surface area contributed by atoms with E-state index in [1.54, 1.807) is 4.90 Å². The van der Waals surface area contributed by atoms with Crippen LogP contribution < -0.4 is 5.32 Å². The Bertz CT molecular complexity index is 314. The molecule has 1 amide bonds. The Morgan fingerprint density at radius 3 is 2.55 bits per heavy atom. The van der Waals surface area contributed by atoms with Crippen molar-refractivity contribution in [3.8, 4) is 0 Å². The van der Waals surface area contributed by atoms with Gasteiger partial charge < -0.3 is 15.0 Å². The number of amides is 1. The van der Waals surface area contributed by atoms with Gasteiger partial charge in [-0.2, -0.15) is 0 Å². The Balaban J connectivity index is 1.67. The number of carbonyl (C=O) groups is 1. The van der Waals surface area contributed by atoms with E-state index in [9.17, 15) is 4.79 Å². The third kappa shape index (κ3) is 4.72. The topological polar surface area (TPSA) is 44.8 Å². The van der Waals surface area contributed by atoms with Crippen molar-refractivity contribution < 1.29 is 9.53 Å². The van der Waals surface area contributed by atoms with Crippen molar-refractivity contribution in [1.82, 2.24) is 15.1 Å². The Kier molecular flexibility index (Phi) is 5.81. The summed E-state index contributed by atoms with van der Waals surface area (Å²) >= 11 is 0. The van der Waals surface area contributed by atoms with Gasteiger partial charge in [-0.15, -0.1) is 0 Å². The smallest absolute Gasteiger partial charge is 0.236 e. The molecule has 2 saturated heterocycles. The van der Waals surface area contributed by atoms with Gasteiger partial charge in [-0.25, -0.2) is 0 Å². The highest BCUT2D eigenvalue weighted by Gasteiger charge is 2.25.